The number of H-pyrrole nitrogens is 1. The van der Waals surface area contributed by atoms with Crippen LogP contribution in [0.2, 0.25) is 0 Å². The molecule has 17 heavy (non-hydrogen) atoms. The summed E-state index contributed by atoms with van der Waals surface area (Å²) in [6.07, 6.45) is 2.29. The fourth-order valence-electron chi connectivity index (χ4n) is 1.50. The lowest BCUT2D eigenvalue weighted by molar-refractivity contribution is 0.460. The number of unbranched alkanes of at least 4 members (excludes halogenated alkanes) is 1. The highest BCUT2D eigenvalue weighted by molar-refractivity contribution is 7.99. The summed E-state index contributed by atoms with van der Waals surface area (Å²) in [7, 11) is 0. The molecule has 0 aliphatic rings. The van der Waals surface area contributed by atoms with Crippen molar-refractivity contribution in [2.75, 3.05) is 5.75 Å². The highest BCUT2D eigenvalue weighted by Gasteiger charge is 2.04. The summed E-state index contributed by atoms with van der Waals surface area (Å²) >= 11 is 1.70. The van der Waals surface area contributed by atoms with Crippen LogP contribution in [0.5, 0.6) is 0 Å². The molecule has 0 unspecified atom stereocenters. The Labute approximate surface area is 102 Å². The van der Waals surface area contributed by atoms with Gasteiger partial charge in [0.1, 0.15) is 0 Å². The van der Waals surface area contributed by atoms with Crippen molar-refractivity contribution >= 4 is 22.7 Å². The van der Waals surface area contributed by atoms with Crippen molar-refractivity contribution in [2.45, 2.75) is 24.7 Å². The SMILES string of the molecule is CCCCSc1ccc2[nH]c(=O)oc(=O)c2c1. The lowest BCUT2D eigenvalue weighted by Crippen LogP contribution is -2.14. The normalized spacial score (nSPS) is 10.9. The molecular weight excluding hydrogens is 238 g/mol. The molecule has 1 N–H and O–H groups in total. The highest BCUT2D eigenvalue weighted by atomic mass is 32.2. The smallest absolute Gasteiger partial charge is 0.372 e. The summed E-state index contributed by atoms with van der Waals surface area (Å²) in [5.41, 5.74) is -0.0622. The third-order valence-electron chi connectivity index (χ3n) is 2.40. The Morgan fingerprint density at radius 3 is 2.94 bits per heavy atom. The van der Waals surface area contributed by atoms with E-state index in [4.69, 9.17) is 0 Å². The second-order valence-corrected chi connectivity index (χ2v) is 4.88. The van der Waals surface area contributed by atoms with Crippen molar-refractivity contribution in [1.29, 1.82) is 0 Å². The van der Waals surface area contributed by atoms with Crippen LogP contribution in [0.3, 0.4) is 0 Å². The number of aromatic nitrogens is 1. The van der Waals surface area contributed by atoms with Gasteiger partial charge in [-0.25, -0.2) is 9.59 Å². The zero-order chi connectivity index (χ0) is 12.3. The van der Waals surface area contributed by atoms with Gasteiger partial charge < -0.3 is 4.42 Å². The Hall–Kier alpha value is -1.49. The van der Waals surface area contributed by atoms with Gasteiger partial charge in [0.15, 0.2) is 0 Å². The van der Waals surface area contributed by atoms with Gasteiger partial charge in [-0.05, 0) is 30.4 Å². The van der Waals surface area contributed by atoms with Crippen LogP contribution in [-0.4, -0.2) is 10.7 Å². The number of rotatable bonds is 4. The maximum absolute atomic E-state index is 11.5. The van der Waals surface area contributed by atoms with Gasteiger partial charge in [-0.15, -0.1) is 11.8 Å². The van der Waals surface area contributed by atoms with Gasteiger partial charge in [0.05, 0.1) is 10.9 Å². The molecular formula is C12H13NO3S. The molecule has 0 bridgehead atoms. The van der Waals surface area contributed by atoms with Gasteiger partial charge in [0.25, 0.3) is 0 Å². The number of benzene rings is 1. The molecule has 0 spiro atoms. The first kappa shape index (κ1) is 12.0. The molecule has 0 amide bonds. The molecule has 0 saturated heterocycles. The zero-order valence-electron chi connectivity index (χ0n) is 9.49. The Morgan fingerprint density at radius 1 is 1.35 bits per heavy atom. The van der Waals surface area contributed by atoms with Crippen molar-refractivity contribution in [2.24, 2.45) is 0 Å². The van der Waals surface area contributed by atoms with Gasteiger partial charge in [-0.1, -0.05) is 13.3 Å². The number of fused-ring (bicyclic) bond motifs is 1. The molecule has 0 saturated carbocycles. The van der Waals surface area contributed by atoms with Gasteiger partial charge >= 0.3 is 11.4 Å². The van der Waals surface area contributed by atoms with Gasteiger partial charge in [-0.2, -0.15) is 0 Å². The van der Waals surface area contributed by atoms with Crippen LogP contribution in [0, 0.1) is 0 Å². The standard InChI is InChI=1S/C12H13NO3S/c1-2-3-6-17-8-4-5-10-9(7-8)11(14)16-12(15)13-10/h4-5,7H,2-3,6H2,1H3,(H,13,15). The van der Waals surface area contributed by atoms with Crippen LogP contribution >= 0.6 is 11.8 Å². The monoisotopic (exact) mass is 251 g/mol. The highest BCUT2D eigenvalue weighted by Crippen LogP contribution is 2.21. The van der Waals surface area contributed by atoms with Crippen LogP contribution in [0.25, 0.3) is 10.9 Å². The first-order chi connectivity index (χ1) is 8.20. The van der Waals surface area contributed by atoms with Gasteiger partial charge in [-0.3, -0.25) is 4.98 Å². The van der Waals surface area contributed by atoms with E-state index >= 15 is 0 Å². The van der Waals surface area contributed by atoms with Crippen molar-refractivity contribution in [3.63, 3.8) is 0 Å². The number of hydrogen-bond acceptors (Lipinski definition) is 4. The number of nitrogens with one attached hydrogen (secondary N) is 1. The van der Waals surface area contributed by atoms with Crippen LogP contribution in [0.15, 0.2) is 37.1 Å². The van der Waals surface area contributed by atoms with E-state index in [1.54, 1.807) is 23.9 Å². The van der Waals surface area contributed by atoms with E-state index < -0.39 is 11.4 Å². The molecule has 0 aliphatic heterocycles. The number of aromatic amines is 1. The average molecular weight is 251 g/mol. The van der Waals surface area contributed by atoms with E-state index in [0.717, 1.165) is 23.5 Å². The fraction of sp³-hybridized carbons (Fsp3) is 0.333. The molecule has 2 aromatic rings. The lowest BCUT2D eigenvalue weighted by Gasteiger charge is -2.01. The lowest BCUT2D eigenvalue weighted by atomic mass is 10.2. The Bertz CT molecular complexity index is 629. The number of hydrogen-bond donors (Lipinski definition) is 1. The second kappa shape index (κ2) is 5.23. The fourth-order valence-corrected chi connectivity index (χ4v) is 2.53. The van der Waals surface area contributed by atoms with E-state index in [9.17, 15) is 9.59 Å². The second-order valence-electron chi connectivity index (χ2n) is 3.71. The predicted molar refractivity (Wildman–Crippen MR) is 68.7 cm³/mol. The van der Waals surface area contributed by atoms with E-state index in [0.29, 0.717) is 10.9 Å². The molecule has 1 aromatic heterocycles. The van der Waals surface area contributed by atoms with Gasteiger partial charge in [0, 0.05) is 4.90 Å². The minimum atomic E-state index is -0.714. The van der Waals surface area contributed by atoms with E-state index in [1.807, 2.05) is 6.07 Å². The zero-order valence-corrected chi connectivity index (χ0v) is 10.3. The van der Waals surface area contributed by atoms with Crippen molar-refractivity contribution in [1.82, 2.24) is 4.98 Å². The van der Waals surface area contributed by atoms with Crippen molar-refractivity contribution < 1.29 is 4.42 Å². The summed E-state index contributed by atoms with van der Waals surface area (Å²) in [6, 6.07) is 5.40. The van der Waals surface area contributed by atoms with E-state index in [-0.39, 0.29) is 0 Å². The largest absolute Gasteiger partial charge is 0.419 e. The van der Waals surface area contributed by atoms with Crippen molar-refractivity contribution in [3.05, 3.63) is 39.2 Å². The van der Waals surface area contributed by atoms with Crippen molar-refractivity contribution in [3.8, 4) is 0 Å². The topological polar surface area (TPSA) is 63.1 Å². The molecule has 0 fully saturated rings. The molecule has 1 aromatic carbocycles. The molecule has 0 atom stereocenters. The maximum Gasteiger partial charge on any atom is 0.419 e. The average Bonchev–Trinajstić information content (AvgIpc) is 2.30. The summed E-state index contributed by atoms with van der Waals surface area (Å²) in [4.78, 5) is 26.0. The Balaban J connectivity index is 2.37. The quantitative estimate of drug-likeness (QED) is 0.669. The predicted octanol–water partition coefficient (Wildman–Crippen LogP) is 2.37. The maximum atomic E-state index is 11.5. The first-order valence-electron chi connectivity index (χ1n) is 5.50. The Morgan fingerprint density at radius 2 is 2.18 bits per heavy atom. The minimum Gasteiger partial charge on any atom is -0.372 e. The summed E-state index contributed by atoms with van der Waals surface area (Å²) in [5.74, 6) is 0.311. The first-order valence-corrected chi connectivity index (χ1v) is 6.49. The van der Waals surface area contributed by atoms with E-state index in [1.165, 1.54) is 0 Å². The summed E-state index contributed by atoms with van der Waals surface area (Å²) < 4.78 is 4.50. The summed E-state index contributed by atoms with van der Waals surface area (Å²) in [6.45, 7) is 2.14. The molecule has 1 heterocycles. The molecule has 2 rings (SSSR count). The molecule has 90 valence electrons. The number of thioether (sulfide) groups is 1. The van der Waals surface area contributed by atoms with Crippen LogP contribution < -0.4 is 11.4 Å². The Kier molecular flexibility index (Phi) is 3.68. The third kappa shape index (κ3) is 2.79. The van der Waals surface area contributed by atoms with Crippen LogP contribution in [-0.2, 0) is 0 Å². The molecule has 5 heteroatoms. The summed E-state index contributed by atoms with van der Waals surface area (Å²) in [5, 5.41) is 0.422. The van der Waals surface area contributed by atoms with E-state index in [2.05, 4.69) is 16.3 Å². The van der Waals surface area contributed by atoms with Crippen LogP contribution in [0.4, 0.5) is 0 Å². The molecule has 0 radical (unpaired) electrons. The van der Waals surface area contributed by atoms with Gasteiger partial charge in [0.2, 0.25) is 0 Å². The van der Waals surface area contributed by atoms with Crippen LogP contribution in [0.1, 0.15) is 19.8 Å². The minimum absolute atomic E-state index is 0.422. The third-order valence-corrected chi connectivity index (χ3v) is 3.48. The molecule has 4 nitrogen and oxygen atoms in total. The molecule has 0 aliphatic carbocycles.